The second-order valence-corrected chi connectivity index (χ2v) is 5.38. The molecule has 1 fully saturated rings. The first-order chi connectivity index (χ1) is 8.16. The zero-order valence-corrected chi connectivity index (χ0v) is 10.5. The monoisotopic (exact) mass is 230 g/mol. The summed E-state index contributed by atoms with van der Waals surface area (Å²) in [5.74, 6) is 2.37. The molecule has 2 unspecified atom stereocenters. The number of carbonyl (C=O) groups excluding carboxylic acids is 1. The molecule has 0 bridgehead atoms. The number of hydrogen-bond donors (Lipinski definition) is 0. The molecule has 1 aromatic rings. The number of ether oxygens (including phenoxy) is 1. The Labute approximate surface area is 102 Å². The predicted octanol–water partition coefficient (Wildman–Crippen LogP) is 3.15. The number of hydrogen-bond acceptors (Lipinski definition) is 2. The van der Waals surface area contributed by atoms with Gasteiger partial charge in [0.15, 0.2) is 0 Å². The van der Waals surface area contributed by atoms with Gasteiger partial charge in [-0.3, -0.25) is 4.79 Å². The molecule has 0 amide bonds. The van der Waals surface area contributed by atoms with Crippen molar-refractivity contribution in [3.8, 4) is 5.75 Å². The van der Waals surface area contributed by atoms with Gasteiger partial charge < -0.3 is 4.74 Å². The first kappa shape index (κ1) is 10.8. The highest BCUT2D eigenvalue weighted by molar-refractivity contribution is 5.80. The van der Waals surface area contributed by atoms with Crippen molar-refractivity contribution in [2.45, 2.75) is 39.0 Å². The average Bonchev–Trinajstić information content (AvgIpc) is 2.33. The van der Waals surface area contributed by atoms with E-state index in [9.17, 15) is 4.79 Å². The van der Waals surface area contributed by atoms with Gasteiger partial charge in [0.2, 0.25) is 0 Å². The molecule has 0 radical (unpaired) electrons. The van der Waals surface area contributed by atoms with Crippen molar-refractivity contribution in [3.63, 3.8) is 0 Å². The van der Waals surface area contributed by atoms with Gasteiger partial charge in [0.1, 0.15) is 11.5 Å². The molecule has 0 N–H and O–H groups in total. The lowest BCUT2D eigenvalue weighted by atomic mass is 9.72. The third-order valence-electron chi connectivity index (χ3n) is 4.38. The fourth-order valence-electron chi connectivity index (χ4n) is 3.20. The number of ketones is 1. The maximum absolute atomic E-state index is 11.7. The Balaban J connectivity index is 2.09. The number of benzene rings is 1. The third kappa shape index (κ3) is 1.67. The van der Waals surface area contributed by atoms with Crippen molar-refractivity contribution >= 4 is 5.78 Å². The molecule has 0 saturated heterocycles. The van der Waals surface area contributed by atoms with Gasteiger partial charge >= 0.3 is 0 Å². The van der Waals surface area contributed by atoms with E-state index in [1.165, 1.54) is 16.7 Å². The minimum atomic E-state index is 0.403. The molecule has 1 aromatic carbocycles. The molecular weight excluding hydrogens is 212 g/mol. The number of fused-ring (bicyclic) bond motifs is 3. The summed E-state index contributed by atoms with van der Waals surface area (Å²) in [5, 5.41) is 0. The van der Waals surface area contributed by atoms with E-state index in [-0.39, 0.29) is 0 Å². The Hall–Kier alpha value is -1.31. The van der Waals surface area contributed by atoms with Gasteiger partial charge in [-0.1, -0.05) is 6.07 Å². The topological polar surface area (TPSA) is 26.3 Å². The third-order valence-corrected chi connectivity index (χ3v) is 4.38. The molecule has 0 aromatic heterocycles. The predicted molar refractivity (Wildman–Crippen MR) is 66.5 cm³/mol. The molecule has 2 nitrogen and oxygen atoms in total. The summed E-state index contributed by atoms with van der Waals surface area (Å²) in [6.45, 7) is 5.07. The Morgan fingerprint density at radius 2 is 2.12 bits per heavy atom. The summed E-state index contributed by atoms with van der Waals surface area (Å²) in [6, 6.07) is 4.17. The number of rotatable bonds is 0. The average molecular weight is 230 g/mol. The van der Waals surface area contributed by atoms with Crippen LogP contribution in [0.3, 0.4) is 0 Å². The summed E-state index contributed by atoms with van der Waals surface area (Å²) < 4.78 is 5.85. The highest BCUT2D eigenvalue weighted by atomic mass is 16.5. The van der Waals surface area contributed by atoms with Crippen LogP contribution in [0, 0.1) is 19.8 Å². The normalized spacial score (nSPS) is 27.1. The van der Waals surface area contributed by atoms with E-state index in [4.69, 9.17) is 4.74 Å². The molecule has 1 heterocycles. The van der Waals surface area contributed by atoms with Gasteiger partial charge in [-0.25, -0.2) is 0 Å². The largest absolute Gasteiger partial charge is 0.493 e. The van der Waals surface area contributed by atoms with Crippen molar-refractivity contribution in [1.82, 2.24) is 0 Å². The SMILES string of the molecule is Cc1ccc2c(c1C)C1CC(=O)CCC1CO2. The number of aryl methyl sites for hydroxylation is 1. The first-order valence-electron chi connectivity index (χ1n) is 6.41. The molecule has 1 saturated carbocycles. The minimum Gasteiger partial charge on any atom is -0.493 e. The summed E-state index contributed by atoms with van der Waals surface area (Å²) >= 11 is 0. The second-order valence-electron chi connectivity index (χ2n) is 5.38. The van der Waals surface area contributed by atoms with E-state index in [0.29, 0.717) is 24.0 Å². The fourth-order valence-corrected chi connectivity index (χ4v) is 3.20. The lowest BCUT2D eigenvalue weighted by Crippen LogP contribution is -2.32. The molecule has 1 aliphatic heterocycles. The van der Waals surface area contributed by atoms with Crippen LogP contribution in [0.1, 0.15) is 41.9 Å². The van der Waals surface area contributed by atoms with Gasteiger partial charge in [0.25, 0.3) is 0 Å². The summed E-state index contributed by atoms with van der Waals surface area (Å²) in [5.41, 5.74) is 3.91. The maximum atomic E-state index is 11.7. The van der Waals surface area contributed by atoms with Crippen LogP contribution in [-0.4, -0.2) is 12.4 Å². The lowest BCUT2D eigenvalue weighted by molar-refractivity contribution is -0.122. The molecule has 1 aliphatic carbocycles. The maximum Gasteiger partial charge on any atom is 0.133 e. The zero-order chi connectivity index (χ0) is 12.0. The van der Waals surface area contributed by atoms with Crippen LogP contribution in [0.2, 0.25) is 0 Å². The zero-order valence-electron chi connectivity index (χ0n) is 10.5. The molecule has 2 heteroatoms. The van der Waals surface area contributed by atoms with Crippen LogP contribution < -0.4 is 4.74 Å². The van der Waals surface area contributed by atoms with E-state index >= 15 is 0 Å². The minimum absolute atomic E-state index is 0.403. The molecule has 2 atom stereocenters. The van der Waals surface area contributed by atoms with Crippen molar-refractivity contribution in [2.24, 2.45) is 5.92 Å². The van der Waals surface area contributed by atoms with E-state index in [1.807, 2.05) is 0 Å². The Morgan fingerprint density at radius 3 is 2.94 bits per heavy atom. The van der Waals surface area contributed by atoms with Crippen LogP contribution in [0.25, 0.3) is 0 Å². The molecule has 17 heavy (non-hydrogen) atoms. The Morgan fingerprint density at radius 1 is 1.29 bits per heavy atom. The first-order valence-corrected chi connectivity index (χ1v) is 6.41. The Kier molecular flexibility index (Phi) is 2.46. The van der Waals surface area contributed by atoms with Gasteiger partial charge in [0, 0.05) is 30.2 Å². The highest BCUT2D eigenvalue weighted by Gasteiger charge is 2.36. The molecule has 0 spiro atoms. The number of Topliss-reactive ketones (excluding diaryl/α,β-unsaturated/α-hetero) is 1. The van der Waals surface area contributed by atoms with Crippen LogP contribution in [0.5, 0.6) is 5.75 Å². The van der Waals surface area contributed by atoms with E-state index in [2.05, 4.69) is 26.0 Å². The van der Waals surface area contributed by atoms with E-state index in [1.54, 1.807) is 0 Å². The fraction of sp³-hybridized carbons (Fsp3) is 0.533. The van der Waals surface area contributed by atoms with Crippen molar-refractivity contribution < 1.29 is 9.53 Å². The highest BCUT2D eigenvalue weighted by Crippen LogP contribution is 2.45. The van der Waals surface area contributed by atoms with Crippen LogP contribution in [0.15, 0.2) is 12.1 Å². The lowest BCUT2D eigenvalue weighted by Gasteiger charge is -2.37. The second kappa shape index (κ2) is 3.86. The smallest absolute Gasteiger partial charge is 0.133 e. The van der Waals surface area contributed by atoms with E-state index in [0.717, 1.165) is 25.2 Å². The molecule has 2 aliphatic rings. The molecule has 90 valence electrons. The number of carbonyl (C=O) groups is 1. The van der Waals surface area contributed by atoms with Gasteiger partial charge in [0.05, 0.1) is 6.61 Å². The van der Waals surface area contributed by atoms with Crippen LogP contribution in [0.4, 0.5) is 0 Å². The van der Waals surface area contributed by atoms with Gasteiger partial charge in [-0.05, 0) is 37.5 Å². The van der Waals surface area contributed by atoms with Crippen molar-refractivity contribution in [1.29, 1.82) is 0 Å². The van der Waals surface area contributed by atoms with Crippen molar-refractivity contribution in [3.05, 3.63) is 28.8 Å². The van der Waals surface area contributed by atoms with Crippen molar-refractivity contribution in [2.75, 3.05) is 6.61 Å². The van der Waals surface area contributed by atoms with Gasteiger partial charge in [-0.15, -0.1) is 0 Å². The standard InChI is InChI=1S/C15H18O2/c1-9-3-6-14-15(10(9)2)13-7-12(16)5-4-11(13)8-17-14/h3,6,11,13H,4-5,7-8H2,1-2H3. The van der Waals surface area contributed by atoms with Crippen LogP contribution >= 0.6 is 0 Å². The van der Waals surface area contributed by atoms with Crippen LogP contribution in [-0.2, 0) is 4.79 Å². The molecular formula is C15H18O2. The summed E-state index contributed by atoms with van der Waals surface area (Å²) in [4.78, 5) is 11.7. The summed E-state index contributed by atoms with van der Waals surface area (Å²) in [6.07, 6.45) is 2.45. The quantitative estimate of drug-likeness (QED) is 0.684. The van der Waals surface area contributed by atoms with E-state index < -0.39 is 0 Å². The van der Waals surface area contributed by atoms with Gasteiger partial charge in [-0.2, -0.15) is 0 Å². The molecule has 3 rings (SSSR count). The summed E-state index contributed by atoms with van der Waals surface area (Å²) in [7, 11) is 0. The Bertz CT molecular complexity index is 476.